The van der Waals surface area contributed by atoms with E-state index in [1.54, 1.807) is 38.1 Å². The second-order valence-electron chi connectivity index (χ2n) is 4.17. The van der Waals surface area contributed by atoms with Crippen molar-refractivity contribution in [3.63, 3.8) is 0 Å². The van der Waals surface area contributed by atoms with E-state index >= 15 is 0 Å². The number of esters is 1. The van der Waals surface area contributed by atoms with E-state index in [9.17, 15) is 9.18 Å². The predicted molar refractivity (Wildman–Crippen MR) is 75.0 cm³/mol. The van der Waals surface area contributed by atoms with Crippen LogP contribution in [0.1, 0.15) is 21.5 Å². The van der Waals surface area contributed by atoms with E-state index in [0.717, 1.165) is 0 Å². The maximum absolute atomic E-state index is 13.7. The Labute approximate surface area is 119 Å². The van der Waals surface area contributed by atoms with E-state index in [4.69, 9.17) is 4.74 Å². The first-order valence-corrected chi connectivity index (χ1v) is 6.52. The van der Waals surface area contributed by atoms with Gasteiger partial charge in [-0.25, -0.2) is 9.18 Å². The summed E-state index contributed by atoms with van der Waals surface area (Å²) in [5.74, 6) is -0.550. The molecule has 0 aliphatic heterocycles. The minimum atomic E-state index is -0.554. The molecule has 0 radical (unpaired) electrons. The molecule has 0 atom stereocenters. The summed E-state index contributed by atoms with van der Waals surface area (Å²) in [7, 11) is 0. The molecule has 0 heterocycles. The number of rotatable bonds is 2. The van der Waals surface area contributed by atoms with Gasteiger partial charge in [-0.15, -0.1) is 0 Å². The third kappa shape index (κ3) is 2.84. The fraction of sp³-hybridized carbons (Fsp3) is 0.133. The first-order valence-electron chi connectivity index (χ1n) is 5.73. The van der Waals surface area contributed by atoms with Gasteiger partial charge in [-0.1, -0.05) is 34.1 Å². The Balaban J connectivity index is 2.40. The van der Waals surface area contributed by atoms with Crippen LogP contribution in [0.2, 0.25) is 0 Å². The highest BCUT2D eigenvalue weighted by atomic mass is 79.9. The molecule has 0 N–H and O–H groups in total. The highest BCUT2D eigenvalue weighted by Gasteiger charge is 2.19. The van der Waals surface area contributed by atoms with Crippen molar-refractivity contribution >= 4 is 21.9 Å². The molecule has 2 nitrogen and oxygen atoms in total. The normalized spacial score (nSPS) is 10.3. The van der Waals surface area contributed by atoms with Gasteiger partial charge in [0, 0.05) is 4.47 Å². The fourth-order valence-electron chi connectivity index (χ4n) is 1.80. The highest BCUT2D eigenvalue weighted by Crippen LogP contribution is 2.26. The molecule has 2 aromatic carbocycles. The summed E-state index contributed by atoms with van der Waals surface area (Å²) in [6.45, 7) is 3.31. The number of ether oxygens (including phenoxy) is 1. The van der Waals surface area contributed by atoms with E-state index in [-0.39, 0.29) is 5.56 Å². The van der Waals surface area contributed by atoms with Crippen LogP contribution in [0.3, 0.4) is 0 Å². The van der Waals surface area contributed by atoms with Gasteiger partial charge in [0.1, 0.15) is 11.6 Å². The summed E-state index contributed by atoms with van der Waals surface area (Å²) in [5, 5.41) is 0. The third-order valence-corrected chi connectivity index (χ3v) is 3.70. The number of benzene rings is 2. The lowest BCUT2D eigenvalue weighted by atomic mass is 10.0. The van der Waals surface area contributed by atoms with Gasteiger partial charge in [0.05, 0.1) is 5.56 Å². The average Bonchev–Trinajstić information content (AvgIpc) is 2.38. The Kier molecular flexibility index (Phi) is 4.00. The quantitative estimate of drug-likeness (QED) is 0.604. The van der Waals surface area contributed by atoms with Crippen molar-refractivity contribution in [3.05, 3.63) is 63.4 Å². The molecule has 2 rings (SSSR count). The van der Waals surface area contributed by atoms with Crippen LogP contribution >= 0.6 is 15.9 Å². The lowest BCUT2D eigenvalue weighted by Crippen LogP contribution is -2.13. The zero-order valence-electron chi connectivity index (χ0n) is 10.5. The molecule has 0 spiro atoms. The summed E-state index contributed by atoms with van der Waals surface area (Å²) < 4.78 is 19.5. The van der Waals surface area contributed by atoms with Gasteiger partial charge in [-0.3, -0.25) is 0 Å². The van der Waals surface area contributed by atoms with Crippen molar-refractivity contribution in [3.8, 4) is 5.75 Å². The Hall–Kier alpha value is -1.68. The molecule has 0 aromatic heterocycles. The zero-order valence-corrected chi connectivity index (χ0v) is 12.1. The van der Waals surface area contributed by atoms with Crippen molar-refractivity contribution in [1.29, 1.82) is 0 Å². The van der Waals surface area contributed by atoms with Crippen LogP contribution in [0.15, 0.2) is 40.9 Å². The third-order valence-electron chi connectivity index (χ3n) is 2.88. The smallest absolute Gasteiger partial charge is 0.344 e. The Bertz CT molecular complexity index is 598. The Morgan fingerprint density at radius 1 is 1.16 bits per heavy atom. The van der Waals surface area contributed by atoms with Gasteiger partial charge < -0.3 is 4.74 Å². The predicted octanol–water partition coefficient (Wildman–Crippen LogP) is 4.42. The molecule has 19 heavy (non-hydrogen) atoms. The first-order chi connectivity index (χ1) is 9.00. The topological polar surface area (TPSA) is 26.3 Å². The van der Waals surface area contributed by atoms with Crippen LogP contribution in [0, 0.1) is 19.7 Å². The maximum atomic E-state index is 13.7. The summed E-state index contributed by atoms with van der Waals surface area (Å²) in [4.78, 5) is 12.2. The lowest BCUT2D eigenvalue weighted by molar-refractivity contribution is 0.0732. The van der Waals surface area contributed by atoms with E-state index < -0.39 is 11.8 Å². The molecule has 0 fully saturated rings. The molecule has 0 saturated carbocycles. The molecular formula is C15H12BrFO2. The Morgan fingerprint density at radius 3 is 2.42 bits per heavy atom. The highest BCUT2D eigenvalue weighted by molar-refractivity contribution is 9.10. The molecule has 0 amide bonds. The minimum Gasteiger partial charge on any atom is -0.423 e. The van der Waals surface area contributed by atoms with Crippen LogP contribution in [-0.4, -0.2) is 5.97 Å². The van der Waals surface area contributed by atoms with Gasteiger partial charge in [-0.2, -0.15) is 0 Å². The Morgan fingerprint density at radius 2 is 1.79 bits per heavy atom. The minimum absolute atomic E-state index is 0.260. The van der Waals surface area contributed by atoms with E-state index in [2.05, 4.69) is 15.9 Å². The van der Waals surface area contributed by atoms with Crippen molar-refractivity contribution in [2.45, 2.75) is 13.8 Å². The van der Waals surface area contributed by atoms with Gasteiger partial charge in [0.15, 0.2) is 0 Å². The van der Waals surface area contributed by atoms with E-state index in [1.807, 2.05) is 6.07 Å². The van der Waals surface area contributed by atoms with Crippen molar-refractivity contribution in [2.75, 3.05) is 0 Å². The number of para-hydroxylation sites is 1. The largest absolute Gasteiger partial charge is 0.423 e. The summed E-state index contributed by atoms with van der Waals surface area (Å²) >= 11 is 3.24. The van der Waals surface area contributed by atoms with Crippen LogP contribution in [0.4, 0.5) is 4.39 Å². The van der Waals surface area contributed by atoms with Gasteiger partial charge in [0.25, 0.3) is 0 Å². The van der Waals surface area contributed by atoms with Gasteiger partial charge in [-0.05, 0) is 43.2 Å². The zero-order chi connectivity index (χ0) is 14.0. The summed E-state index contributed by atoms with van der Waals surface area (Å²) in [6, 6.07) is 10.1. The van der Waals surface area contributed by atoms with Crippen LogP contribution in [0.25, 0.3) is 0 Å². The summed E-state index contributed by atoms with van der Waals surface area (Å²) in [6.07, 6.45) is 0. The average molecular weight is 323 g/mol. The van der Waals surface area contributed by atoms with E-state index in [0.29, 0.717) is 21.3 Å². The standard InChI is InChI=1S/C15H12BrFO2/c1-9-12(16)8-13(17)10(2)14(9)15(18)19-11-6-4-3-5-7-11/h3-8H,1-2H3. The van der Waals surface area contributed by atoms with Crippen molar-refractivity contribution in [1.82, 2.24) is 0 Å². The van der Waals surface area contributed by atoms with Crippen LogP contribution in [-0.2, 0) is 0 Å². The number of carbonyl (C=O) groups is 1. The molecule has 0 aliphatic rings. The molecule has 4 heteroatoms. The second-order valence-corrected chi connectivity index (χ2v) is 5.02. The maximum Gasteiger partial charge on any atom is 0.344 e. The molecule has 0 aliphatic carbocycles. The molecule has 98 valence electrons. The van der Waals surface area contributed by atoms with Crippen LogP contribution < -0.4 is 4.74 Å². The number of hydrogen-bond acceptors (Lipinski definition) is 2. The number of hydrogen-bond donors (Lipinski definition) is 0. The van der Waals surface area contributed by atoms with Crippen LogP contribution in [0.5, 0.6) is 5.75 Å². The summed E-state index contributed by atoms with van der Waals surface area (Å²) in [5.41, 5.74) is 1.22. The van der Waals surface area contributed by atoms with E-state index in [1.165, 1.54) is 6.07 Å². The van der Waals surface area contributed by atoms with Crippen molar-refractivity contribution < 1.29 is 13.9 Å². The monoisotopic (exact) mass is 322 g/mol. The second kappa shape index (κ2) is 5.53. The molecule has 0 saturated heterocycles. The SMILES string of the molecule is Cc1c(F)cc(Br)c(C)c1C(=O)Oc1ccccc1. The van der Waals surface area contributed by atoms with Crippen molar-refractivity contribution in [2.24, 2.45) is 0 Å². The lowest BCUT2D eigenvalue weighted by Gasteiger charge is -2.12. The molecule has 0 unspecified atom stereocenters. The molecule has 2 aromatic rings. The first kappa shape index (κ1) is 13.7. The number of halogens is 2. The molecule has 0 bridgehead atoms. The molecular weight excluding hydrogens is 311 g/mol. The van der Waals surface area contributed by atoms with Gasteiger partial charge >= 0.3 is 5.97 Å². The van der Waals surface area contributed by atoms with Gasteiger partial charge in [0.2, 0.25) is 0 Å². The number of carbonyl (C=O) groups excluding carboxylic acids is 1. The fourth-order valence-corrected chi connectivity index (χ4v) is 2.20.